The molecule has 1 aliphatic heterocycles. The third kappa shape index (κ3) is 3.12. The van der Waals surface area contributed by atoms with Gasteiger partial charge in [0.15, 0.2) is 11.5 Å². The van der Waals surface area contributed by atoms with Crippen molar-refractivity contribution in [2.45, 2.75) is 25.8 Å². The van der Waals surface area contributed by atoms with Gasteiger partial charge in [0.1, 0.15) is 17.7 Å². The Bertz CT molecular complexity index is 990. The van der Waals surface area contributed by atoms with Crippen LogP contribution in [0, 0.1) is 5.92 Å². The summed E-state index contributed by atoms with van der Waals surface area (Å²) in [7, 11) is 0. The molecule has 0 amide bonds. The lowest BCUT2D eigenvalue weighted by atomic mass is 10.0. The van der Waals surface area contributed by atoms with Gasteiger partial charge in [0.2, 0.25) is 0 Å². The van der Waals surface area contributed by atoms with Crippen LogP contribution in [0.5, 0.6) is 0 Å². The molecule has 0 bridgehead atoms. The highest BCUT2D eigenvalue weighted by atomic mass is 15.5. The number of amidine groups is 1. The summed E-state index contributed by atoms with van der Waals surface area (Å²) >= 11 is 0. The van der Waals surface area contributed by atoms with Crippen molar-refractivity contribution in [3.63, 3.8) is 0 Å². The van der Waals surface area contributed by atoms with Crippen LogP contribution in [0.3, 0.4) is 0 Å². The first-order chi connectivity index (χ1) is 13.3. The number of aromatic amines is 1. The van der Waals surface area contributed by atoms with E-state index in [0.29, 0.717) is 12.2 Å². The molecule has 1 aliphatic carbocycles. The fourth-order valence-electron chi connectivity index (χ4n) is 3.46. The lowest BCUT2D eigenvalue weighted by Crippen LogP contribution is -2.49. The van der Waals surface area contributed by atoms with Crippen LogP contribution >= 0.6 is 0 Å². The lowest BCUT2D eigenvalue weighted by molar-refractivity contribution is 0.233. The smallest absolute Gasteiger partial charge is 0.182 e. The molecule has 1 fully saturated rings. The number of hydrazine groups is 1. The van der Waals surface area contributed by atoms with Gasteiger partial charge in [0.05, 0.1) is 24.6 Å². The van der Waals surface area contributed by atoms with Crippen molar-refractivity contribution < 1.29 is 0 Å². The normalized spacial score (nSPS) is 19.1. The summed E-state index contributed by atoms with van der Waals surface area (Å²) in [6.45, 7) is 3.76. The minimum absolute atomic E-state index is 0.215. The zero-order valence-corrected chi connectivity index (χ0v) is 15.2. The molecule has 1 aromatic carbocycles. The molecule has 2 aliphatic rings. The molecule has 27 heavy (non-hydrogen) atoms. The van der Waals surface area contributed by atoms with Gasteiger partial charge in [0.25, 0.3) is 0 Å². The van der Waals surface area contributed by atoms with Crippen LogP contribution in [0.2, 0.25) is 0 Å². The number of rotatable bonds is 6. The summed E-state index contributed by atoms with van der Waals surface area (Å²) < 4.78 is 0. The Morgan fingerprint density at radius 1 is 1.19 bits per heavy atom. The number of hydrogen-bond acceptors (Lipinski definition) is 7. The molecule has 3 N–H and O–H groups in total. The van der Waals surface area contributed by atoms with Crippen LogP contribution in [0.1, 0.15) is 31.4 Å². The Morgan fingerprint density at radius 3 is 2.96 bits per heavy atom. The van der Waals surface area contributed by atoms with Gasteiger partial charge < -0.3 is 10.3 Å². The molecule has 8 nitrogen and oxygen atoms in total. The Labute approximate surface area is 157 Å². The van der Waals surface area contributed by atoms with Crippen LogP contribution in [0.15, 0.2) is 41.9 Å². The molecule has 1 unspecified atom stereocenters. The van der Waals surface area contributed by atoms with E-state index in [1.165, 1.54) is 24.7 Å². The molecule has 3 aromatic rings. The molecule has 1 saturated carbocycles. The van der Waals surface area contributed by atoms with Crippen molar-refractivity contribution in [2.75, 3.05) is 18.4 Å². The maximum absolute atomic E-state index is 4.91. The van der Waals surface area contributed by atoms with E-state index in [9.17, 15) is 0 Å². The van der Waals surface area contributed by atoms with Crippen LogP contribution in [0.4, 0.5) is 11.5 Å². The number of benzene rings is 1. The van der Waals surface area contributed by atoms with Crippen LogP contribution in [0.25, 0.3) is 11.2 Å². The van der Waals surface area contributed by atoms with E-state index < -0.39 is 0 Å². The van der Waals surface area contributed by atoms with Gasteiger partial charge in [-0.25, -0.2) is 25.4 Å². The van der Waals surface area contributed by atoms with Gasteiger partial charge >= 0.3 is 0 Å². The first kappa shape index (κ1) is 16.2. The number of H-pyrrole nitrogens is 1. The molecule has 8 heteroatoms. The number of imidazole rings is 1. The van der Waals surface area contributed by atoms with Crippen molar-refractivity contribution in [1.82, 2.24) is 30.4 Å². The van der Waals surface area contributed by atoms with E-state index in [4.69, 9.17) is 4.99 Å². The van der Waals surface area contributed by atoms with E-state index >= 15 is 0 Å². The first-order valence-corrected chi connectivity index (χ1v) is 9.37. The Morgan fingerprint density at radius 2 is 2.07 bits per heavy atom. The highest BCUT2D eigenvalue weighted by Crippen LogP contribution is 2.34. The molecule has 1 atom stereocenters. The van der Waals surface area contributed by atoms with Crippen LogP contribution in [-0.2, 0) is 0 Å². The Kier molecular flexibility index (Phi) is 3.97. The van der Waals surface area contributed by atoms with E-state index in [1.807, 2.05) is 6.07 Å². The van der Waals surface area contributed by atoms with Crippen molar-refractivity contribution in [1.29, 1.82) is 0 Å². The molecule has 2 aromatic heterocycles. The number of para-hydroxylation sites is 1. The molecule has 0 spiro atoms. The lowest BCUT2D eigenvalue weighted by Gasteiger charge is -2.36. The van der Waals surface area contributed by atoms with Crippen molar-refractivity contribution in [3.8, 4) is 0 Å². The number of aliphatic imine (C=N–C) groups is 1. The predicted octanol–water partition coefficient (Wildman–Crippen LogP) is 2.79. The zero-order chi connectivity index (χ0) is 18.2. The van der Waals surface area contributed by atoms with E-state index in [-0.39, 0.29) is 6.04 Å². The number of anilines is 1. The summed E-state index contributed by atoms with van der Waals surface area (Å²) in [4.78, 5) is 20.7. The second-order valence-corrected chi connectivity index (χ2v) is 7.12. The average molecular weight is 362 g/mol. The molecule has 5 rings (SSSR count). The van der Waals surface area contributed by atoms with Gasteiger partial charge in [0, 0.05) is 12.1 Å². The summed E-state index contributed by atoms with van der Waals surface area (Å²) in [6, 6.07) is 8.54. The topological polar surface area (TPSA) is 94.1 Å². The summed E-state index contributed by atoms with van der Waals surface area (Å²) in [5, 5.41) is 5.59. The van der Waals surface area contributed by atoms with Crippen LogP contribution in [-0.4, -0.2) is 43.9 Å². The largest absolute Gasteiger partial charge is 0.361 e. The van der Waals surface area contributed by atoms with E-state index in [1.54, 1.807) is 6.33 Å². The van der Waals surface area contributed by atoms with Gasteiger partial charge in [-0.3, -0.25) is 5.01 Å². The van der Waals surface area contributed by atoms with Crippen LogP contribution < -0.4 is 10.7 Å². The molecular formula is C19H22N8. The van der Waals surface area contributed by atoms with Gasteiger partial charge in [-0.1, -0.05) is 18.2 Å². The first-order valence-electron chi connectivity index (χ1n) is 9.37. The second-order valence-electron chi connectivity index (χ2n) is 7.12. The molecule has 0 saturated heterocycles. The molecule has 138 valence electrons. The van der Waals surface area contributed by atoms with Gasteiger partial charge in [-0.2, -0.15) is 0 Å². The predicted molar refractivity (Wildman–Crippen MR) is 105 cm³/mol. The third-order valence-corrected chi connectivity index (χ3v) is 5.19. The SMILES string of the molecule is CC1c2ccccc2N=C(CNc2ncnc3nc[nH]c23)N1NCC1CC1. The fourth-order valence-corrected chi connectivity index (χ4v) is 3.46. The number of nitrogens with zero attached hydrogens (tertiary/aromatic N) is 5. The maximum atomic E-state index is 4.91. The average Bonchev–Trinajstić information content (AvgIpc) is 3.39. The van der Waals surface area contributed by atoms with E-state index in [0.717, 1.165) is 35.3 Å². The molecule has 0 radical (unpaired) electrons. The Hall–Kier alpha value is -3.00. The molecular weight excluding hydrogens is 340 g/mol. The Balaban J connectivity index is 1.42. The number of nitrogens with one attached hydrogen (secondary N) is 3. The fraction of sp³-hybridized carbons (Fsp3) is 0.368. The minimum Gasteiger partial charge on any atom is -0.361 e. The number of fused-ring (bicyclic) bond motifs is 2. The summed E-state index contributed by atoms with van der Waals surface area (Å²) in [5.41, 5.74) is 7.33. The maximum Gasteiger partial charge on any atom is 0.182 e. The van der Waals surface area contributed by atoms with Crippen molar-refractivity contribution >= 4 is 28.5 Å². The highest BCUT2D eigenvalue weighted by molar-refractivity contribution is 5.92. The minimum atomic E-state index is 0.215. The standard InChI is InChI=1S/C19H22N8/c1-12-14-4-2-3-5-15(14)26-16(27(12)25-8-13-6-7-13)9-20-18-17-19(22-10-21-17)24-11-23-18/h2-5,10-13,25H,6-9H2,1H3,(H2,20,21,22,23,24). The van der Waals surface area contributed by atoms with Crippen molar-refractivity contribution in [2.24, 2.45) is 10.9 Å². The quantitative estimate of drug-likeness (QED) is 0.624. The third-order valence-electron chi connectivity index (χ3n) is 5.19. The molecule has 3 heterocycles. The monoisotopic (exact) mass is 362 g/mol. The van der Waals surface area contributed by atoms with Gasteiger partial charge in [-0.05, 0) is 31.7 Å². The summed E-state index contributed by atoms with van der Waals surface area (Å²) in [5.74, 6) is 2.47. The number of hydrogen-bond donors (Lipinski definition) is 3. The summed E-state index contributed by atoms with van der Waals surface area (Å²) in [6.07, 6.45) is 5.78. The number of aromatic nitrogens is 4. The van der Waals surface area contributed by atoms with Gasteiger partial charge in [-0.15, -0.1) is 0 Å². The zero-order valence-electron chi connectivity index (χ0n) is 15.2. The highest BCUT2D eigenvalue weighted by Gasteiger charge is 2.29. The van der Waals surface area contributed by atoms with Crippen molar-refractivity contribution in [3.05, 3.63) is 42.5 Å². The second kappa shape index (κ2) is 6.62. The van der Waals surface area contributed by atoms with E-state index in [2.05, 4.69) is 60.8 Å².